The van der Waals surface area contributed by atoms with Crippen LogP contribution in [0, 0.1) is 12.7 Å². The van der Waals surface area contributed by atoms with E-state index in [0.717, 1.165) is 11.6 Å². The summed E-state index contributed by atoms with van der Waals surface area (Å²) >= 11 is 0. The van der Waals surface area contributed by atoms with Crippen molar-refractivity contribution in [2.75, 3.05) is 4.72 Å². The number of aliphatic hydroxyl groups excluding tert-OH is 1. The van der Waals surface area contributed by atoms with E-state index in [1.165, 1.54) is 24.3 Å². The molecule has 0 saturated heterocycles. The van der Waals surface area contributed by atoms with Crippen molar-refractivity contribution in [3.8, 4) is 0 Å². The molecule has 2 aromatic rings. The van der Waals surface area contributed by atoms with Crippen molar-refractivity contribution in [1.29, 1.82) is 0 Å². The molecule has 6 heteroatoms. The summed E-state index contributed by atoms with van der Waals surface area (Å²) in [4.78, 5) is 0.0373. The van der Waals surface area contributed by atoms with Gasteiger partial charge in [0.25, 0.3) is 10.0 Å². The third-order valence-electron chi connectivity index (χ3n) is 2.84. The summed E-state index contributed by atoms with van der Waals surface area (Å²) in [6, 6.07) is 10.2. The maximum Gasteiger partial charge on any atom is 0.261 e. The number of halogens is 1. The summed E-state index contributed by atoms with van der Waals surface area (Å²) in [6.45, 7) is 1.38. The lowest BCUT2D eigenvalue weighted by atomic mass is 10.2. The van der Waals surface area contributed by atoms with Crippen LogP contribution < -0.4 is 4.72 Å². The van der Waals surface area contributed by atoms with Crippen LogP contribution in [0.25, 0.3) is 0 Å². The fraction of sp³-hybridized carbons (Fsp3) is 0.143. The summed E-state index contributed by atoms with van der Waals surface area (Å²) in [7, 11) is -3.89. The van der Waals surface area contributed by atoms with E-state index in [1.807, 2.05) is 6.92 Å². The summed E-state index contributed by atoms with van der Waals surface area (Å²) in [5, 5.41) is 9.15. The zero-order valence-corrected chi connectivity index (χ0v) is 11.6. The molecule has 0 bridgehead atoms. The lowest BCUT2D eigenvalue weighted by Crippen LogP contribution is -2.15. The molecule has 0 spiro atoms. The van der Waals surface area contributed by atoms with Gasteiger partial charge in [0.1, 0.15) is 5.82 Å². The molecule has 0 radical (unpaired) electrons. The minimum Gasteiger partial charge on any atom is -0.392 e. The van der Waals surface area contributed by atoms with E-state index in [9.17, 15) is 12.8 Å². The number of hydrogen-bond donors (Lipinski definition) is 2. The van der Waals surface area contributed by atoms with Crippen molar-refractivity contribution < 1.29 is 17.9 Å². The first-order valence-corrected chi connectivity index (χ1v) is 7.40. The molecule has 0 unspecified atom stereocenters. The van der Waals surface area contributed by atoms with Gasteiger partial charge in [0.15, 0.2) is 0 Å². The number of nitrogens with one attached hydrogen (secondary N) is 1. The normalized spacial score (nSPS) is 11.3. The number of rotatable bonds is 4. The van der Waals surface area contributed by atoms with Gasteiger partial charge in [-0.2, -0.15) is 0 Å². The minimum absolute atomic E-state index is 0.0373. The van der Waals surface area contributed by atoms with Crippen molar-refractivity contribution in [2.45, 2.75) is 18.4 Å². The fourth-order valence-corrected chi connectivity index (χ4v) is 2.84. The van der Waals surface area contributed by atoms with Gasteiger partial charge >= 0.3 is 0 Å². The van der Waals surface area contributed by atoms with Crippen LogP contribution in [0.2, 0.25) is 0 Å². The van der Waals surface area contributed by atoms with Gasteiger partial charge in [-0.1, -0.05) is 29.8 Å². The van der Waals surface area contributed by atoms with Crippen LogP contribution in [-0.4, -0.2) is 13.5 Å². The van der Waals surface area contributed by atoms with Crippen LogP contribution >= 0.6 is 0 Å². The molecule has 0 saturated carbocycles. The van der Waals surface area contributed by atoms with Crippen LogP contribution in [0.5, 0.6) is 0 Å². The minimum atomic E-state index is -3.89. The molecule has 106 valence electrons. The van der Waals surface area contributed by atoms with Crippen LogP contribution in [0.3, 0.4) is 0 Å². The van der Waals surface area contributed by atoms with E-state index in [-0.39, 0.29) is 16.1 Å². The highest BCUT2D eigenvalue weighted by Crippen LogP contribution is 2.23. The highest BCUT2D eigenvalue weighted by atomic mass is 32.2. The number of benzene rings is 2. The summed E-state index contributed by atoms with van der Waals surface area (Å²) < 4.78 is 40.2. The van der Waals surface area contributed by atoms with Crippen molar-refractivity contribution >= 4 is 15.7 Å². The van der Waals surface area contributed by atoms with E-state index in [1.54, 1.807) is 12.1 Å². The number of sulfonamides is 1. The maximum absolute atomic E-state index is 13.7. The molecule has 0 heterocycles. The Morgan fingerprint density at radius 2 is 1.80 bits per heavy atom. The molecule has 0 aliphatic rings. The predicted octanol–water partition coefficient (Wildman–Crippen LogP) is 2.43. The standard InChI is InChI=1S/C14H14FNO3S/c1-10-5-7-12(8-6-10)20(18,19)16-14-11(9-17)3-2-4-13(14)15/h2-8,16-17H,9H2,1H3. The van der Waals surface area contributed by atoms with Crippen molar-refractivity contribution in [3.05, 3.63) is 59.4 Å². The number of hydrogen-bond acceptors (Lipinski definition) is 3. The molecule has 2 rings (SSSR count). The Labute approximate surface area is 116 Å². The second-order valence-electron chi connectivity index (χ2n) is 4.35. The average Bonchev–Trinajstić information content (AvgIpc) is 2.41. The highest BCUT2D eigenvalue weighted by Gasteiger charge is 2.18. The SMILES string of the molecule is Cc1ccc(S(=O)(=O)Nc2c(F)cccc2CO)cc1. The van der Waals surface area contributed by atoms with Crippen LogP contribution in [0.4, 0.5) is 10.1 Å². The smallest absolute Gasteiger partial charge is 0.261 e. The first-order chi connectivity index (χ1) is 9.44. The molecule has 20 heavy (non-hydrogen) atoms. The Balaban J connectivity index is 2.41. The fourth-order valence-electron chi connectivity index (χ4n) is 1.73. The zero-order chi connectivity index (χ0) is 14.8. The quantitative estimate of drug-likeness (QED) is 0.910. The Bertz CT molecular complexity index is 712. The third-order valence-corrected chi connectivity index (χ3v) is 4.20. The molecular formula is C14H14FNO3S. The second kappa shape index (κ2) is 5.60. The summed E-state index contributed by atoms with van der Waals surface area (Å²) in [5.41, 5.74) is 0.877. The van der Waals surface area contributed by atoms with Crippen molar-refractivity contribution in [1.82, 2.24) is 0 Å². The van der Waals surface area contributed by atoms with E-state index in [0.29, 0.717) is 0 Å². The number of aryl methyl sites for hydroxylation is 1. The van der Waals surface area contributed by atoms with E-state index >= 15 is 0 Å². The maximum atomic E-state index is 13.7. The highest BCUT2D eigenvalue weighted by molar-refractivity contribution is 7.92. The van der Waals surface area contributed by atoms with E-state index in [4.69, 9.17) is 5.11 Å². The van der Waals surface area contributed by atoms with Gasteiger partial charge in [-0.05, 0) is 25.1 Å². The molecule has 2 N–H and O–H groups in total. The van der Waals surface area contributed by atoms with Crippen molar-refractivity contribution in [2.24, 2.45) is 0 Å². The first-order valence-electron chi connectivity index (χ1n) is 5.92. The molecule has 0 atom stereocenters. The Hall–Kier alpha value is -1.92. The molecule has 2 aromatic carbocycles. The monoisotopic (exact) mass is 295 g/mol. The second-order valence-corrected chi connectivity index (χ2v) is 6.03. The molecule has 0 aromatic heterocycles. The zero-order valence-electron chi connectivity index (χ0n) is 10.8. The number of aliphatic hydroxyl groups is 1. The summed E-state index contributed by atoms with van der Waals surface area (Å²) in [6.07, 6.45) is 0. The summed E-state index contributed by atoms with van der Waals surface area (Å²) in [5.74, 6) is -0.729. The Morgan fingerprint density at radius 1 is 1.15 bits per heavy atom. The number of anilines is 1. The van der Waals surface area contributed by atoms with Gasteiger partial charge in [0.05, 0.1) is 17.2 Å². The largest absolute Gasteiger partial charge is 0.392 e. The molecule has 4 nitrogen and oxygen atoms in total. The van der Waals surface area contributed by atoms with Gasteiger partial charge < -0.3 is 5.11 Å². The Morgan fingerprint density at radius 3 is 2.40 bits per heavy atom. The predicted molar refractivity (Wildman–Crippen MR) is 74.3 cm³/mol. The van der Waals surface area contributed by atoms with E-state index < -0.39 is 22.4 Å². The Kier molecular flexibility index (Phi) is 4.06. The van der Waals surface area contributed by atoms with E-state index in [2.05, 4.69) is 4.72 Å². The van der Waals surface area contributed by atoms with Gasteiger partial charge in [-0.3, -0.25) is 4.72 Å². The van der Waals surface area contributed by atoms with Crippen molar-refractivity contribution in [3.63, 3.8) is 0 Å². The van der Waals surface area contributed by atoms with Crippen LogP contribution in [-0.2, 0) is 16.6 Å². The molecule has 0 fully saturated rings. The lowest BCUT2D eigenvalue weighted by Gasteiger charge is -2.12. The molecule has 0 aliphatic carbocycles. The van der Waals surface area contributed by atoms with Crippen LogP contribution in [0.15, 0.2) is 47.4 Å². The topological polar surface area (TPSA) is 66.4 Å². The third kappa shape index (κ3) is 2.97. The number of para-hydroxylation sites is 1. The molecule has 0 amide bonds. The van der Waals surface area contributed by atoms with Gasteiger partial charge in [-0.15, -0.1) is 0 Å². The van der Waals surface area contributed by atoms with Gasteiger partial charge in [0, 0.05) is 5.56 Å². The van der Waals surface area contributed by atoms with Gasteiger partial charge in [-0.25, -0.2) is 12.8 Å². The van der Waals surface area contributed by atoms with Gasteiger partial charge in [0.2, 0.25) is 0 Å². The molecule has 0 aliphatic heterocycles. The van der Waals surface area contributed by atoms with Crippen LogP contribution in [0.1, 0.15) is 11.1 Å². The molecular weight excluding hydrogens is 281 g/mol. The lowest BCUT2D eigenvalue weighted by molar-refractivity contribution is 0.282. The average molecular weight is 295 g/mol. The first kappa shape index (κ1) is 14.5.